The average Bonchev–Trinajstić information content (AvgIpc) is 2.78. The number of benzene rings is 1. The van der Waals surface area contributed by atoms with E-state index in [1.165, 1.54) is 0 Å². The van der Waals surface area contributed by atoms with Crippen LogP contribution in [0.25, 0.3) is 0 Å². The van der Waals surface area contributed by atoms with Crippen molar-refractivity contribution < 1.29 is 22.7 Å². The van der Waals surface area contributed by atoms with Crippen LogP contribution in [0.4, 0.5) is 13.2 Å². The molecule has 1 saturated heterocycles. The molecule has 1 atom stereocenters. The van der Waals surface area contributed by atoms with Crippen molar-refractivity contribution in [2.24, 2.45) is 0 Å². The maximum Gasteiger partial charge on any atom is 0.471 e. The lowest BCUT2D eigenvalue weighted by molar-refractivity contribution is -0.184. The van der Waals surface area contributed by atoms with Crippen LogP contribution < -0.4 is 4.74 Å². The van der Waals surface area contributed by atoms with Gasteiger partial charge in [-0.1, -0.05) is 12.1 Å². The number of alkyl halides is 3. The van der Waals surface area contributed by atoms with Crippen molar-refractivity contribution in [1.29, 1.82) is 0 Å². The zero-order chi connectivity index (χ0) is 14.0. The summed E-state index contributed by atoms with van der Waals surface area (Å²) in [6.45, 7) is 0.0210. The molecule has 0 bridgehead atoms. The minimum absolute atomic E-state index is 0.0420. The Morgan fingerprint density at radius 1 is 1.37 bits per heavy atom. The minimum atomic E-state index is -4.82. The maximum atomic E-state index is 12.3. The zero-order valence-corrected chi connectivity index (χ0v) is 11.4. The van der Waals surface area contributed by atoms with Crippen molar-refractivity contribution in [3.05, 3.63) is 28.7 Å². The van der Waals surface area contributed by atoms with E-state index in [2.05, 4.69) is 15.9 Å². The summed E-state index contributed by atoms with van der Waals surface area (Å²) in [6.07, 6.45) is -4.84. The normalized spacial score (nSPS) is 19.6. The fourth-order valence-electron chi connectivity index (χ4n) is 1.91. The van der Waals surface area contributed by atoms with Gasteiger partial charge in [-0.3, -0.25) is 4.79 Å². The first kappa shape index (κ1) is 14.2. The van der Waals surface area contributed by atoms with Gasteiger partial charge in [0.1, 0.15) is 11.9 Å². The molecule has 1 aromatic carbocycles. The Balaban J connectivity index is 1.96. The van der Waals surface area contributed by atoms with E-state index in [0.717, 1.165) is 9.37 Å². The number of carbonyl (C=O) groups excluding carboxylic acids is 1. The molecule has 0 saturated carbocycles. The molecular weight excluding hydrogens is 327 g/mol. The van der Waals surface area contributed by atoms with Crippen LogP contribution in [-0.2, 0) is 4.79 Å². The lowest BCUT2D eigenvalue weighted by atomic mass is 10.3. The molecule has 7 heteroatoms. The number of halogens is 4. The number of ether oxygens (including phenoxy) is 1. The topological polar surface area (TPSA) is 29.5 Å². The third kappa shape index (κ3) is 3.40. The molecule has 1 fully saturated rings. The van der Waals surface area contributed by atoms with Crippen LogP contribution >= 0.6 is 15.9 Å². The summed E-state index contributed by atoms with van der Waals surface area (Å²) in [5.74, 6) is -1.24. The summed E-state index contributed by atoms with van der Waals surface area (Å²) in [6, 6.07) is 7.08. The number of para-hydroxylation sites is 1. The fourth-order valence-corrected chi connectivity index (χ4v) is 2.29. The van der Waals surface area contributed by atoms with Crippen molar-refractivity contribution in [2.75, 3.05) is 13.1 Å². The van der Waals surface area contributed by atoms with Crippen LogP contribution in [0.15, 0.2) is 28.7 Å². The molecule has 3 nitrogen and oxygen atoms in total. The second-order valence-corrected chi connectivity index (χ2v) is 5.06. The van der Waals surface area contributed by atoms with Gasteiger partial charge in [-0.15, -0.1) is 0 Å². The minimum Gasteiger partial charge on any atom is -0.487 e. The van der Waals surface area contributed by atoms with Gasteiger partial charge < -0.3 is 9.64 Å². The molecule has 0 aromatic heterocycles. The van der Waals surface area contributed by atoms with E-state index < -0.39 is 18.2 Å². The van der Waals surface area contributed by atoms with Crippen molar-refractivity contribution in [3.63, 3.8) is 0 Å². The van der Waals surface area contributed by atoms with Crippen LogP contribution in [0.1, 0.15) is 6.42 Å². The molecule has 0 radical (unpaired) electrons. The SMILES string of the molecule is O=C(N1CCC(Oc2ccccc2Br)C1)C(F)(F)F. The Kier molecular flexibility index (Phi) is 4.03. The second-order valence-electron chi connectivity index (χ2n) is 4.21. The predicted molar refractivity (Wildman–Crippen MR) is 65.8 cm³/mol. The van der Waals surface area contributed by atoms with Gasteiger partial charge in [-0.2, -0.15) is 13.2 Å². The van der Waals surface area contributed by atoms with Gasteiger partial charge in [0.2, 0.25) is 0 Å². The number of hydrogen-bond acceptors (Lipinski definition) is 2. The predicted octanol–water partition coefficient (Wildman–Crippen LogP) is 2.99. The van der Waals surface area contributed by atoms with Crippen molar-refractivity contribution in [3.8, 4) is 5.75 Å². The molecule has 1 aromatic rings. The van der Waals surface area contributed by atoms with Gasteiger partial charge in [0.15, 0.2) is 0 Å². The average molecular weight is 338 g/mol. The van der Waals surface area contributed by atoms with Gasteiger partial charge in [0.25, 0.3) is 0 Å². The molecular formula is C12H11BrF3NO2. The maximum absolute atomic E-state index is 12.3. The number of carbonyl (C=O) groups is 1. The van der Waals surface area contributed by atoms with Crippen LogP contribution in [0.5, 0.6) is 5.75 Å². The molecule has 0 aliphatic carbocycles. The molecule has 2 rings (SSSR count). The summed E-state index contributed by atoms with van der Waals surface area (Å²) < 4.78 is 43.2. The van der Waals surface area contributed by atoms with Crippen LogP contribution in [0.2, 0.25) is 0 Å². The molecule has 1 aliphatic heterocycles. The zero-order valence-electron chi connectivity index (χ0n) is 9.78. The molecule has 0 spiro atoms. The summed E-state index contributed by atoms with van der Waals surface area (Å²) in [7, 11) is 0. The molecule has 1 amide bonds. The lowest BCUT2D eigenvalue weighted by Crippen LogP contribution is -2.40. The Labute approximate surface area is 116 Å². The Morgan fingerprint density at radius 3 is 2.68 bits per heavy atom. The summed E-state index contributed by atoms with van der Waals surface area (Å²) in [4.78, 5) is 11.8. The number of nitrogens with zero attached hydrogens (tertiary/aromatic N) is 1. The standard InChI is InChI=1S/C12H11BrF3NO2/c13-9-3-1-2-4-10(9)19-8-5-6-17(7-8)11(18)12(14,15)16/h1-4,8H,5-7H2. The summed E-state index contributed by atoms with van der Waals surface area (Å²) in [5, 5.41) is 0. The van der Waals surface area contributed by atoms with E-state index in [0.29, 0.717) is 12.2 Å². The van der Waals surface area contributed by atoms with Crippen molar-refractivity contribution in [2.45, 2.75) is 18.7 Å². The monoisotopic (exact) mass is 337 g/mol. The molecule has 1 unspecified atom stereocenters. The Bertz CT molecular complexity index is 478. The molecule has 1 heterocycles. The van der Waals surface area contributed by atoms with Crippen molar-refractivity contribution in [1.82, 2.24) is 4.90 Å². The number of amides is 1. The van der Waals surface area contributed by atoms with E-state index in [9.17, 15) is 18.0 Å². The summed E-state index contributed by atoms with van der Waals surface area (Å²) in [5.41, 5.74) is 0. The van der Waals surface area contributed by atoms with E-state index in [1.54, 1.807) is 18.2 Å². The highest BCUT2D eigenvalue weighted by Crippen LogP contribution is 2.28. The van der Waals surface area contributed by atoms with Crippen molar-refractivity contribution >= 4 is 21.8 Å². The van der Waals surface area contributed by atoms with E-state index in [1.807, 2.05) is 6.07 Å². The fraction of sp³-hybridized carbons (Fsp3) is 0.417. The lowest BCUT2D eigenvalue weighted by Gasteiger charge is -2.18. The quantitative estimate of drug-likeness (QED) is 0.830. The van der Waals surface area contributed by atoms with Gasteiger partial charge in [0.05, 0.1) is 11.0 Å². The molecule has 19 heavy (non-hydrogen) atoms. The third-order valence-electron chi connectivity index (χ3n) is 2.81. The highest BCUT2D eigenvalue weighted by molar-refractivity contribution is 9.10. The highest BCUT2D eigenvalue weighted by Gasteiger charge is 2.44. The highest BCUT2D eigenvalue weighted by atomic mass is 79.9. The van der Waals surface area contributed by atoms with Gasteiger partial charge in [0, 0.05) is 13.0 Å². The van der Waals surface area contributed by atoms with Gasteiger partial charge >= 0.3 is 12.1 Å². The molecule has 104 valence electrons. The van der Waals surface area contributed by atoms with Crippen LogP contribution in [0.3, 0.4) is 0 Å². The van der Waals surface area contributed by atoms with Crippen LogP contribution in [0, 0.1) is 0 Å². The summed E-state index contributed by atoms with van der Waals surface area (Å²) >= 11 is 3.29. The van der Waals surface area contributed by atoms with Gasteiger partial charge in [-0.05, 0) is 28.1 Å². The van der Waals surface area contributed by atoms with E-state index >= 15 is 0 Å². The van der Waals surface area contributed by atoms with Crippen LogP contribution in [-0.4, -0.2) is 36.2 Å². The third-order valence-corrected chi connectivity index (χ3v) is 3.46. The first-order valence-electron chi connectivity index (χ1n) is 5.65. The first-order chi connectivity index (χ1) is 8.88. The number of rotatable bonds is 2. The molecule has 0 N–H and O–H groups in total. The number of likely N-dealkylation sites (tertiary alicyclic amines) is 1. The van der Waals surface area contributed by atoms with E-state index in [4.69, 9.17) is 4.74 Å². The largest absolute Gasteiger partial charge is 0.487 e. The second kappa shape index (κ2) is 5.40. The smallest absolute Gasteiger partial charge is 0.471 e. The van der Waals surface area contributed by atoms with E-state index in [-0.39, 0.29) is 13.1 Å². The Hall–Kier alpha value is -1.24. The van der Waals surface area contributed by atoms with Gasteiger partial charge in [-0.25, -0.2) is 0 Å². The first-order valence-corrected chi connectivity index (χ1v) is 6.44. The Morgan fingerprint density at radius 2 is 2.05 bits per heavy atom. The molecule has 1 aliphatic rings. The number of hydrogen-bond donors (Lipinski definition) is 0.